The molecule has 0 bridgehead atoms. The van der Waals surface area contributed by atoms with Crippen LogP contribution in [0.1, 0.15) is 129 Å². The number of nitrogens with zero attached hydrogens (tertiary/aromatic N) is 4. The Morgan fingerprint density at radius 3 is 1.20 bits per heavy atom. The molecule has 8 atom stereocenters. The van der Waals surface area contributed by atoms with E-state index in [1.807, 2.05) is 36.4 Å². The molecular weight excluding hydrogens is 1050 g/mol. The predicted molar refractivity (Wildman–Crippen MR) is 288 cm³/mol. The Bertz CT molecular complexity index is 2700. The van der Waals surface area contributed by atoms with Gasteiger partial charge in [-0.05, 0) is 121 Å². The topological polar surface area (TPSA) is 66.4 Å². The van der Waals surface area contributed by atoms with E-state index in [2.05, 4.69) is 23.1 Å². The van der Waals surface area contributed by atoms with Gasteiger partial charge in [-0.1, -0.05) is 140 Å². The maximum absolute atomic E-state index is 14.3. The Morgan fingerprint density at radius 2 is 0.907 bits per heavy atom. The number of hydrogen-bond donors (Lipinski definition) is 0. The van der Waals surface area contributed by atoms with Gasteiger partial charge in [0.2, 0.25) is 11.8 Å². The maximum Gasteiger partial charge on any atom is 0.391 e. The SMILES string of the molecule is C.C=CC[C@@]1(C)C[C@H](c2cccc(Cl)c2)[C@@H](c2ccc(Cl)cc2)N([C@@H](CC(F)(F)F)c2ccccn2)C1=O.C=CC[C@@]1(C)C[C@H](c2cccc(Cl)c2)[C@@H](c2ccc(Cl)cc2)N([C@H](CC(F)(F)F)c2ccccn2)C1=O. The lowest BCUT2D eigenvalue weighted by molar-refractivity contribution is -0.172. The van der Waals surface area contributed by atoms with Crippen LogP contribution in [0.15, 0.2) is 171 Å². The van der Waals surface area contributed by atoms with Crippen LogP contribution in [-0.2, 0) is 9.59 Å². The summed E-state index contributed by atoms with van der Waals surface area (Å²) in [7, 11) is 0. The minimum atomic E-state index is -4.54. The van der Waals surface area contributed by atoms with Crippen LogP contribution >= 0.6 is 46.4 Å². The molecule has 8 rings (SSSR count). The molecular formula is C59H58Cl4F6N4O2. The van der Waals surface area contributed by atoms with Crippen molar-refractivity contribution in [1.82, 2.24) is 19.8 Å². The molecule has 6 aromatic rings. The normalized spacial score (nSPS) is 22.8. The molecule has 0 saturated carbocycles. The maximum atomic E-state index is 14.3. The highest BCUT2D eigenvalue weighted by atomic mass is 35.5. The van der Waals surface area contributed by atoms with Crippen LogP contribution in [0.3, 0.4) is 0 Å². The second-order valence-electron chi connectivity index (χ2n) is 19.4. The van der Waals surface area contributed by atoms with E-state index in [1.54, 1.807) is 111 Å². The summed E-state index contributed by atoms with van der Waals surface area (Å²) in [6.07, 6.45) is -3.91. The Balaban J connectivity index is 0.000000241. The fraction of sp³-hybridized carbons (Fsp3) is 0.322. The molecule has 2 amide bonds. The van der Waals surface area contributed by atoms with E-state index in [-0.39, 0.29) is 42.5 Å². The van der Waals surface area contributed by atoms with E-state index >= 15 is 0 Å². The molecule has 2 aromatic heterocycles. The van der Waals surface area contributed by atoms with Gasteiger partial charge in [0.1, 0.15) is 0 Å². The number of piperidine rings is 2. The fourth-order valence-corrected chi connectivity index (χ4v) is 11.4. The van der Waals surface area contributed by atoms with E-state index in [0.29, 0.717) is 56.9 Å². The number of alkyl halides is 6. The van der Waals surface area contributed by atoms with Crippen LogP contribution in [0, 0.1) is 10.8 Å². The number of rotatable bonds is 14. The first kappa shape index (κ1) is 58.6. The summed E-state index contributed by atoms with van der Waals surface area (Å²) in [4.78, 5) is 39.9. The Morgan fingerprint density at radius 1 is 0.547 bits per heavy atom. The molecule has 4 aromatic carbocycles. The van der Waals surface area contributed by atoms with Crippen LogP contribution in [0.25, 0.3) is 0 Å². The third kappa shape index (κ3) is 14.0. The molecule has 2 saturated heterocycles. The number of pyridine rings is 2. The zero-order valence-corrected chi connectivity index (χ0v) is 43.5. The van der Waals surface area contributed by atoms with Crippen molar-refractivity contribution in [3.8, 4) is 0 Å². The smallest absolute Gasteiger partial charge is 0.326 e. The third-order valence-corrected chi connectivity index (χ3v) is 14.9. The zero-order chi connectivity index (χ0) is 53.6. The molecule has 0 unspecified atom stereocenters. The molecule has 0 radical (unpaired) electrons. The van der Waals surface area contributed by atoms with Crippen molar-refractivity contribution >= 4 is 58.2 Å². The van der Waals surface area contributed by atoms with Crippen molar-refractivity contribution in [1.29, 1.82) is 0 Å². The summed E-state index contributed by atoms with van der Waals surface area (Å²) in [5.41, 5.74) is 1.46. The van der Waals surface area contributed by atoms with Crippen LogP contribution in [0.5, 0.6) is 0 Å². The summed E-state index contributed by atoms with van der Waals surface area (Å²) in [6, 6.07) is 33.9. The zero-order valence-electron chi connectivity index (χ0n) is 40.5. The minimum Gasteiger partial charge on any atom is -0.326 e. The summed E-state index contributed by atoms with van der Waals surface area (Å²) < 4.78 is 84.3. The van der Waals surface area contributed by atoms with Crippen LogP contribution in [0.2, 0.25) is 20.1 Å². The van der Waals surface area contributed by atoms with Crippen LogP contribution < -0.4 is 0 Å². The number of carbonyl (C=O) groups excluding carboxylic acids is 2. The molecule has 4 heterocycles. The molecule has 0 aliphatic carbocycles. The van der Waals surface area contributed by atoms with E-state index < -0.39 is 60.2 Å². The summed E-state index contributed by atoms with van der Waals surface area (Å²) in [5, 5.41) is 2.00. The highest BCUT2D eigenvalue weighted by Gasteiger charge is 2.55. The van der Waals surface area contributed by atoms with Crippen molar-refractivity contribution in [3.63, 3.8) is 0 Å². The second-order valence-corrected chi connectivity index (χ2v) is 21.2. The fourth-order valence-electron chi connectivity index (χ4n) is 10.7. The van der Waals surface area contributed by atoms with E-state index in [0.717, 1.165) is 11.1 Å². The van der Waals surface area contributed by atoms with Crippen molar-refractivity contribution < 1.29 is 35.9 Å². The molecule has 16 heteroatoms. The molecule has 396 valence electrons. The van der Waals surface area contributed by atoms with E-state index in [9.17, 15) is 35.9 Å². The van der Waals surface area contributed by atoms with Gasteiger partial charge >= 0.3 is 12.4 Å². The standard InChI is InChI=1S/2C29H27Cl2F3N2O.CH4/c2*1-3-14-28(2)17-23(20-7-6-8-22(31)16-20)26(19-10-12-21(30)13-11-19)36(27(28)37)25(18-29(32,33)34)24-9-4-5-15-35-24;/h2*3-13,15-16,23,25-26H,1,14,17-18H2,2H3;1H4/t23-,25+,26-,28+;23-,25-,26-,28+;/m11./s1. The average Bonchev–Trinajstić information content (AvgIpc) is 3.35. The summed E-state index contributed by atoms with van der Waals surface area (Å²) in [5.74, 6) is -1.43. The van der Waals surface area contributed by atoms with Gasteiger partial charge in [-0.2, -0.15) is 26.3 Å². The molecule has 6 nitrogen and oxygen atoms in total. The van der Waals surface area contributed by atoms with Gasteiger partial charge in [-0.15, -0.1) is 13.2 Å². The van der Waals surface area contributed by atoms with Gasteiger partial charge in [-0.25, -0.2) is 0 Å². The number of allylic oxidation sites excluding steroid dienone is 2. The van der Waals surface area contributed by atoms with Crippen LogP contribution in [0.4, 0.5) is 26.3 Å². The number of hydrogen-bond acceptors (Lipinski definition) is 4. The third-order valence-electron chi connectivity index (χ3n) is 14.0. The van der Waals surface area contributed by atoms with Crippen molar-refractivity contribution in [3.05, 3.63) is 225 Å². The lowest BCUT2D eigenvalue weighted by atomic mass is 9.67. The van der Waals surface area contributed by atoms with Gasteiger partial charge in [0.05, 0.1) is 59.2 Å². The van der Waals surface area contributed by atoms with Gasteiger partial charge < -0.3 is 9.80 Å². The first-order valence-corrected chi connectivity index (χ1v) is 25.4. The highest BCUT2D eigenvalue weighted by Crippen LogP contribution is 2.57. The second kappa shape index (κ2) is 24.6. The first-order chi connectivity index (χ1) is 35.0. The quantitative estimate of drug-likeness (QED) is 0.0805. The number of aromatic nitrogens is 2. The molecule has 2 aliphatic rings. The van der Waals surface area contributed by atoms with E-state index in [4.69, 9.17) is 46.4 Å². The number of carbonyl (C=O) groups is 2. The minimum absolute atomic E-state index is 0. The van der Waals surface area contributed by atoms with Crippen molar-refractivity contribution in [2.24, 2.45) is 10.8 Å². The van der Waals surface area contributed by atoms with Crippen LogP contribution in [-0.4, -0.2) is 43.9 Å². The Hall–Kier alpha value is -5.66. The number of halogens is 10. The largest absolute Gasteiger partial charge is 0.391 e. The number of likely N-dealkylation sites (tertiary alicyclic amines) is 2. The molecule has 75 heavy (non-hydrogen) atoms. The molecule has 0 spiro atoms. The molecule has 0 N–H and O–H groups in total. The summed E-state index contributed by atoms with van der Waals surface area (Å²) in [6.45, 7) is 11.2. The number of amides is 2. The predicted octanol–water partition coefficient (Wildman–Crippen LogP) is 18.1. The first-order valence-electron chi connectivity index (χ1n) is 23.9. The van der Waals surface area contributed by atoms with Crippen molar-refractivity contribution in [2.75, 3.05) is 0 Å². The Kier molecular flexibility index (Phi) is 19.2. The lowest BCUT2D eigenvalue weighted by Gasteiger charge is -2.52. The van der Waals surface area contributed by atoms with Gasteiger partial charge in [0.15, 0.2) is 0 Å². The summed E-state index contributed by atoms with van der Waals surface area (Å²) >= 11 is 25.0. The highest BCUT2D eigenvalue weighted by molar-refractivity contribution is 6.31. The molecule has 2 aliphatic heterocycles. The lowest BCUT2D eigenvalue weighted by Crippen LogP contribution is -2.53. The average molecular weight is 1110 g/mol. The van der Waals surface area contributed by atoms with Gasteiger partial charge in [0, 0.05) is 44.3 Å². The van der Waals surface area contributed by atoms with Gasteiger partial charge in [0.25, 0.3) is 0 Å². The Labute approximate surface area is 455 Å². The monoisotopic (exact) mass is 1110 g/mol. The molecule has 2 fully saturated rings. The van der Waals surface area contributed by atoms with Crippen molar-refractivity contribution in [2.45, 2.75) is 108 Å². The number of benzene rings is 4. The van der Waals surface area contributed by atoms with E-state index in [1.165, 1.54) is 34.3 Å². The van der Waals surface area contributed by atoms with Gasteiger partial charge in [-0.3, -0.25) is 19.6 Å².